The minimum Gasteiger partial charge on any atom is -0.463 e. The number of esters is 1. The van der Waals surface area contributed by atoms with Crippen molar-refractivity contribution in [3.05, 3.63) is 52.9 Å². The highest BCUT2D eigenvalue weighted by Gasteiger charge is 2.47. The molecule has 0 radical (unpaired) electrons. The SMILES string of the molecule is Cc1cc(Nc2nccc(C(F)(F)F)n2)cc(-c2cnc(C3(O)CC(C)C(C(=O)OC(C)C)C(C)C3)s2)c1. The Hall–Kier alpha value is -3.05. The van der Waals surface area contributed by atoms with E-state index in [0.29, 0.717) is 23.5 Å². The van der Waals surface area contributed by atoms with Gasteiger partial charge < -0.3 is 15.2 Å². The topological polar surface area (TPSA) is 97.2 Å². The second kappa shape index (κ2) is 10.6. The predicted molar refractivity (Wildman–Crippen MR) is 139 cm³/mol. The molecule has 1 fully saturated rings. The summed E-state index contributed by atoms with van der Waals surface area (Å²) in [6, 6.07) is 6.31. The van der Waals surface area contributed by atoms with Gasteiger partial charge in [0.15, 0.2) is 0 Å². The van der Waals surface area contributed by atoms with Crippen molar-refractivity contribution >= 4 is 28.9 Å². The summed E-state index contributed by atoms with van der Waals surface area (Å²) in [6.07, 6.45) is -1.25. The fraction of sp³-hybridized carbons (Fsp3) is 0.481. The molecule has 0 amide bonds. The number of rotatable bonds is 6. The first-order valence-electron chi connectivity index (χ1n) is 12.4. The fourth-order valence-corrected chi connectivity index (χ4v) is 6.25. The van der Waals surface area contributed by atoms with Crippen LogP contribution in [0.25, 0.3) is 10.4 Å². The zero-order valence-electron chi connectivity index (χ0n) is 21.8. The van der Waals surface area contributed by atoms with Gasteiger partial charge in [-0.25, -0.2) is 15.0 Å². The molecule has 38 heavy (non-hydrogen) atoms. The Morgan fingerprint density at radius 1 is 1.18 bits per heavy atom. The monoisotopic (exact) mass is 548 g/mol. The van der Waals surface area contributed by atoms with Crippen molar-refractivity contribution in [1.82, 2.24) is 15.0 Å². The molecule has 2 atom stereocenters. The van der Waals surface area contributed by atoms with Gasteiger partial charge in [0.1, 0.15) is 16.3 Å². The predicted octanol–water partition coefficient (Wildman–Crippen LogP) is 6.49. The molecule has 7 nitrogen and oxygen atoms in total. The molecular formula is C27H31F3N4O3S. The van der Waals surface area contributed by atoms with Gasteiger partial charge in [-0.2, -0.15) is 13.2 Å². The van der Waals surface area contributed by atoms with Gasteiger partial charge in [0.05, 0.1) is 16.9 Å². The Balaban J connectivity index is 1.55. The van der Waals surface area contributed by atoms with E-state index in [4.69, 9.17) is 4.74 Å². The lowest BCUT2D eigenvalue weighted by molar-refractivity contribution is -0.163. The summed E-state index contributed by atoms with van der Waals surface area (Å²) in [6.45, 7) is 9.42. The minimum atomic E-state index is -4.57. The summed E-state index contributed by atoms with van der Waals surface area (Å²) in [7, 11) is 0. The lowest BCUT2D eigenvalue weighted by Gasteiger charge is -2.42. The van der Waals surface area contributed by atoms with Gasteiger partial charge in [0, 0.05) is 18.1 Å². The van der Waals surface area contributed by atoms with Gasteiger partial charge in [-0.15, -0.1) is 11.3 Å². The maximum Gasteiger partial charge on any atom is 0.433 e. The second-order valence-corrected chi connectivity index (χ2v) is 11.4. The molecule has 0 bridgehead atoms. The number of benzene rings is 1. The van der Waals surface area contributed by atoms with Gasteiger partial charge >= 0.3 is 12.1 Å². The zero-order chi connectivity index (χ0) is 27.8. The average Bonchev–Trinajstić information content (AvgIpc) is 3.29. The molecule has 2 heterocycles. The van der Waals surface area contributed by atoms with Crippen molar-refractivity contribution in [2.45, 2.75) is 65.3 Å². The van der Waals surface area contributed by atoms with Crippen LogP contribution >= 0.6 is 11.3 Å². The van der Waals surface area contributed by atoms with Gasteiger partial charge in [-0.1, -0.05) is 19.9 Å². The second-order valence-electron chi connectivity index (χ2n) is 10.4. The molecule has 0 spiro atoms. The van der Waals surface area contributed by atoms with Crippen LogP contribution in [0, 0.1) is 24.7 Å². The van der Waals surface area contributed by atoms with Crippen LogP contribution in [0.15, 0.2) is 36.7 Å². The van der Waals surface area contributed by atoms with E-state index in [2.05, 4.69) is 20.3 Å². The van der Waals surface area contributed by atoms with Crippen molar-refractivity contribution in [2.24, 2.45) is 17.8 Å². The lowest BCUT2D eigenvalue weighted by atomic mass is 9.67. The number of carbonyl (C=O) groups excluding carboxylic acids is 1. The molecular weight excluding hydrogens is 517 g/mol. The molecule has 1 aliphatic carbocycles. The van der Waals surface area contributed by atoms with E-state index in [1.165, 1.54) is 11.3 Å². The number of nitrogens with zero attached hydrogens (tertiary/aromatic N) is 3. The summed E-state index contributed by atoms with van der Waals surface area (Å²) in [5.41, 5.74) is -0.00917. The summed E-state index contributed by atoms with van der Waals surface area (Å²) >= 11 is 1.36. The van der Waals surface area contributed by atoms with E-state index in [0.717, 1.165) is 28.3 Å². The molecule has 1 saturated carbocycles. The van der Waals surface area contributed by atoms with Crippen LogP contribution in [0.1, 0.15) is 56.8 Å². The number of aryl methyl sites for hydroxylation is 1. The quantitative estimate of drug-likeness (QED) is 0.340. The van der Waals surface area contributed by atoms with Crippen molar-refractivity contribution in [1.29, 1.82) is 0 Å². The number of carbonyl (C=O) groups is 1. The number of aromatic nitrogens is 3. The van der Waals surface area contributed by atoms with Crippen LogP contribution in [0.2, 0.25) is 0 Å². The molecule has 2 aromatic heterocycles. The molecule has 0 saturated heterocycles. The number of aliphatic hydroxyl groups is 1. The Labute approximate surface area is 223 Å². The number of hydrogen-bond acceptors (Lipinski definition) is 8. The van der Waals surface area contributed by atoms with Gasteiger partial charge in [0.25, 0.3) is 0 Å². The third-order valence-corrected chi connectivity index (χ3v) is 7.88. The molecule has 1 aromatic carbocycles. The first-order chi connectivity index (χ1) is 17.7. The van der Waals surface area contributed by atoms with Crippen molar-refractivity contribution in [3.8, 4) is 10.4 Å². The number of ether oxygens (including phenoxy) is 1. The third-order valence-electron chi connectivity index (χ3n) is 6.64. The summed E-state index contributed by atoms with van der Waals surface area (Å²) in [5, 5.41) is 15.0. The normalized spacial score (nSPS) is 23.9. The molecule has 1 aliphatic rings. The summed E-state index contributed by atoms with van der Waals surface area (Å²) in [4.78, 5) is 25.5. The largest absolute Gasteiger partial charge is 0.463 e. The van der Waals surface area contributed by atoms with Crippen molar-refractivity contribution in [3.63, 3.8) is 0 Å². The highest BCUT2D eigenvalue weighted by Crippen LogP contribution is 2.48. The Morgan fingerprint density at radius 3 is 2.50 bits per heavy atom. The lowest BCUT2D eigenvalue weighted by Crippen LogP contribution is -2.44. The van der Waals surface area contributed by atoms with Gasteiger partial charge in [-0.3, -0.25) is 4.79 Å². The maximum absolute atomic E-state index is 13.0. The number of halogens is 3. The number of hydrogen-bond donors (Lipinski definition) is 2. The molecule has 204 valence electrons. The van der Waals surface area contributed by atoms with Crippen molar-refractivity contribution in [2.75, 3.05) is 5.32 Å². The van der Waals surface area contributed by atoms with E-state index in [1.807, 2.05) is 40.7 Å². The minimum absolute atomic E-state index is 0.0930. The van der Waals surface area contributed by atoms with E-state index < -0.39 is 17.5 Å². The number of nitrogens with one attached hydrogen (secondary N) is 1. The van der Waals surface area contributed by atoms with E-state index in [-0.39, 0.29) is 35.8 Å². The van der Waals surface area contributed by atoms with E-state index in [9.17, 15) is 23.1 Å². The molecule has 4 rings (SSSR count). The van der Waals surface area contributed by atoms with Crippen LogP contribution in [0.4, 0.5) is 24.8 Å². The molecule has 2 N–H and O–H groups in total. The Morgan fingerprint density at radius 2 is 1.87 bits per heavy atom. The highest BCUT2D eigenvalue weighted by molar-refractivity contribution is 7.15. The standard InChI is InChI=1S/C27H31F3N4O3S/c1-14(2)37-23(35)22-16(4)11-26(36,12-17(22)5)24-32-13-20(38-24)18-8-15(3)9-19(10-18)33-25-31-7-6-21(34-25)27(28,29)30/h6-10,13-14,16-17,22,36H,11-12H2,1-5H3,(H,31,33,34). The molecule has 11 heteroatoms. The fourth-order valence-electron chi connectivity index (χ4n) is 5.24. The molecule has 2 unspecified atom stereocenters. The molecule has 3 aromatic rings. The number of anilines is 2. The van der Waals surface area contributed by atoms with Gasteiger partial charge in [-0.05, 0) is 74.8 Å². The summed E-state index contributed by atoms with van der Waals surface area (Å²) in [5.74, 6) is -0.868. The Bertz CT molecular complexity index is 1300. The third kappa shape index (κ3) is 6.15. The van der Waals surface area contributed by atoms with Crippen LogP contribution in [0.5, 0.6) is 0 Å². The Kier molecular flexibility index (Phi) is 7.81. The van der Waals surface area contributed by atoms with Crippen LogP contribution < -0.4 is 5.32 Å². The first kappa shape index (κ1) is 28.0. The van der Waals surface area contributed by atoms with E-state index in [1.54, 1.807) is 18.3 Å². The van der Waals surface area contributed by atoms with Gasteiger partial charge in [0.2, 0.25) is 5.95 Å². The maximum atomic E-state index is 13.0. The van der Waals surface area contributed by atoms with Crippen LogP contribution in [-0.4, -0.2) is 32.1 Å². The van der Waals surface area contributed by atoms with Crippen LogP contribution in [0.3, 0.4) is 0 Å². The van der Waals surface area contributed by atoms with Crippen LogP contribution in [-0.2, 0) is 21.3 Å². The van der Waals surface area contributed by atoms with Crippen molar-refractivity contribution < 1.29 is 27.8 Å². The smallest absolute Gasteiger partial charge is 0.433 e. The number of alkyl halides is 3. The van der Waals surface area contributed by atoms with E-state index >= 15 is 0 Å². The molecule has 0 aliphatic heterocycles. The summed E-state index contributed by atoms with van der Waals surface area (Å²) < 4.78 is 44.6. The highest BCUT2D eigenvalue weighted by atomic mass is 32.1. The first-order valence-corrected chi connectivity index (χ1v) is 13.3. The number of thiazole rings is 1. The average molecular weight is 549 g/mol. The zero-order valence-corrected chi connectivity index (χ0v) is 22.7.